The molecular formula is C20H24N2O6S. The number of H-pyrrole nitrogens is 1. The van der Waals surface area contributed by atoms with Crippen LogP contribution in [0.2, 0.25) is 0 Å². The predicted molar refractivity (Wildman–Crippen MR) is 107 cm³/mol. The van der Waals surface area contributed by atoms with Gasteiger partial charge in [-0.1, -0.05) is 6.07 Å². The molecule has 0 unspecified atom stereocenters. The Hall–Kier alpha value is -2.78. The van der Waals surface area contributed by atoms with Crippen molar-refractivity contribution < 1.29 is 27.5 Å². The van der Waals surface area contributed by atoms with Crippen molar-refractivity contribution in [3.8, 4) is 0 Å². The first-order chi connectivity index (χ1) is 13.4. The number of aromatic amines is 1. The van der Waals surface area contributed by atoms with Crippen molar-refractivity contribution in [3.63, 3.8) is 0 Å². The molecule has 9 heteroatoms. The van der Waals surface area contributed by atoms with Gasteiger partial charge in [-0.05, 0) is 58.4 Å². The molecule has 1 aromatic heterocycles. The summed E-state index contributed by atoms with van der Waals surface area (Å²) in [5.41, 5.74) is 1.73. The smallest absolute Gasteiger partial charge is 0.338 e. The molecule has 0 aliphatic heterocycles. The van der Waals surface area contributed by atoms with Crippen molar-refractivity contribution in [1.29, 1.82) is 0 Å². The molecule has 0 amide bonds. The molecule has 8 nitrogen and oxygen atoms in total. The first kappa shape index (κ1) is 22.5. The number of carbonyl (C=O) groups excluding carboxylic acids is 3. The van der Waals surface area contributed by atoms with Crippen molar-refractivity contribution in [1.82, 2.24) is 9.71 Å². The van der Waals surface area contributed by atoms with E-state index in [-0.39, 0.29) is 28.0 Å². The molecule has 1 aromatic carbocycles. The maximum atomic E-state index is 12.4. The van der Waals surface area contributed by atoms with Crippen LogP contribution in [0.3, 0.4) is 0 Å². The summed E-state index contributed by atoms with van der Waals surface area (Å²) in [6.07, 6.45) is 0. The fraction of sp³-hybridized carbons (Fsp3) is 0.350. The summed E-state index contributed by atoms with van der Waals surface area (Å²) in [5.74, 6) is -1.48. The van der Waals surface area contributed by atoms with Crippen molar-refractivity contribution in [3.05, 3.63) is 52.3 Å². The highest BCUT2D eigenvalue weighted by molar-refractivity contribution is 7.89. The molecule has 0 aliphatic carbocycles. The highest BCUT2D eigenvalue weighted by atomic mass is 32.2. The van der Waals surface area contributed by atoms with Gasteiger partial charge in [-0.3, -0.25) is 9.59 Å². The summed E-state index contributed by atoms with van der Waals surface area (Å²) in [7, 11) is -3.77. The quantitative estimate of drug-likeness (QED) is 0.500. The molecule has 0 aliphatic rings. The van der Waals surface area contributed by atoms with Crippen molar-refractivity contribution >= 4 is 27.6 Å². The van der Waals surface area contributed by atoms with E-state index in [1.165, 1.54) is 31.2 Å². The van der Waals surface area contributed by atoms with E-state index in [9.17, 15) is 22.8 Å². The number of aromatic nitrogens is 1. The Bertz CT molecular complexity index is 1070. The normalized spacial score (nSPS) is 11.5. The third kappa shape index (κ3) is 5.18. The molecule has 0 saturated heterocycles. The van der Waals surface area contributed by atoms with Crippen LogP contribution in [0, 0.1) is 13.8 Å². The number of ketones is 2. The second-order valence-electron chi connectivity index (χ2n) is 6.98. The van der Waals surface area contributed by atoms with Gasteiger partial charge in [0.05, 0.1) is 16.2 Å². The lowest BCUT2D eigenvalue weighted by molar-refractivity contribution is 0.0473. The molecule has 0 atom stereocenters. The minimum absolute atomic E-state index is 0.00763. The number of hydrogen-bond acceptors (Lipinski definition) is 6. The van der Waals surface area contributed by atoms with Crippen LogP contribution >= 0.6 is 0 Å². The van der Waals surface area contributed by atoms with Gasteiger partial charge >= 0.3 is 5.97 Å². The zero-order chi connectivity index (χ0) is 21.9. The summed E-state index contributed by atoms with van der Waals surface area (Å²) < 4.78 is 32.0. The van der Waals surface area contributed by atoms with E-state index in [2.05, 4.69) is 9.71 Å². The van der Waals surface area contributed by atoms with Gasteiger partial charge in [-0.25, -0.2) is 17.9 Å². The van der Waals surface area contributed by atoms with Crippen LogP contribution in [0.1, 0.15) is 63.2 Å². The number of Topliss-reactive ketones (excluding diaryl/α,β-unsaturated/α-hetero) is 2. The lowest BCUT2D eigenvalue weighted by Gasteiger charge is -2.10. The Morgan fingerprint density at radius 2 is 1.83 bits per heavy atom. The van der Waals surface area contributed by atoms with Crippen molar-refractivity contribution in [2.75, 3.05) is 6.61 Å². The average molecular weight is 420 g/mol. The van der Waals surface area contributed by atoms with Crippen molar-refractivity contribution in [2.24, 2.45) is 0 Å². The van der Waals surface area contributed by atoms with E-state index >= 15 is 0 Å². The summed E-state index contributed by atoms with van der Waals surface area (Å²) in [6, 6.07) is 5.07. The maximum absolute atomic E-state index is 12.4. The monoisotopic (exact) mass is 420 g/mol. The number of rotatable bonds is 8. The average Bonchev–Trinajstić information content (AvgIpc) is 2.93. The van der Waals surface area contributed by atoms with Crippen LogP contribution in [-0.2, 0) is 14.8 Å². The molecule has 2 N–H and O–H groups in total. The zero-order valence-corrected chi connectivity index (χ0v) is 17.8. The fourth-order valence-electron chi connectivity index (χ4n) is 3.01. The number of carbonyl (C=O) groups is 3. The predicted octanol–water partition coefficient (Wildman–Crippen LogP) is 2.56. The Morgan fingerprint density at radius 3 is 2.38 bits per heavy atom. The van der Waals surface area contributed by atoms with Gasteiger partial charge in [0.25, 0.3) is 0 Å². The number of ether oxygens (including phenoxy) is 1. The molecular weight excluding hydrogens is 396 g/mol. The highest BCUT2D eigenvalue weighted by Crippen LogP contribution is 2.19. The molecule has 0 fully saturated rings. The molecule has 2 rings (SSSR count). The number of sulfonamides is 1. The van der Waals surface area contributed by atoms with Gasteiger partial charge in [0, 0.05) is 17.3 Å². The minimum atomic E-state index is -3.77. The van der Waals surface area contributed by atoms with Gasteiger partial charge in [-0.2, -0.15) is 0 Å². The van der Waals surface area contributed by atoms with Crippen LogP contribution in [0.4, 0.5) is 0 Å². The van der Waals surface area contributed by atoms with Crippen molar-refractivity contribution in [2.45, 2.75) is 45.6 Å². The second kappa shape index (κ2) is 8.71. The second-order valence-corrected chi connectivity index (χ2v) is 8.70. The van der Waals surface area contributed by atoms with E-state index in [0.717, 1.165) is 0 Å². The number of aryl methyl sites for hydroxylation is 1. The molecule has 1 heterocycles. The van der Waals surface area contributed by atoms with Gasteiger partial charge < -0.3 is 9.72 Å². The van der Waals surface area contributed by atoms with Crippen LogP contribution < -0.4 is 4.72 Å². The summed E-state index contributed by atoms with van der Waals surface area (Å²) >= 11 is 0. The summed E-state index contributed by atoms with van der Waals surface area (Å²) in [5, 5.41) is 0. The summed E-state index contributed by atoms with van der Waals surface area (Å²) in [6.45, 7) is 7.56. The fourth-order valence-corrected chi connectivity index (χ4v) is 4.31. The first-order valence-electron chi connectivity index (χ1n) is 8.97. The SMILES string of the molecule is CC(=O)c1c(C)[nH]c(C(=O)COC(=O)c2cccc(S(=O)(=O)NC(C)C)c2)c1C. The Morgan fingerprint density at radius 1 is 1.17 bits per heavy atom. The minimum Gasteiger partial charge on any atom is -0.454 e. The Labute approximate surface area is 169 Å². The first-order valence-corrected chi connectivity index (χ1v) is 10.4. The van der Waals surface area contributed by atoms with E-state index in [0.29, 0.717) is 16.8 Å². The third-order valence-corrected chi connectivity index (χ3v) is 5.83. The van der Waals surface area contributed by atoms with Crippen LogP contribution in [0.15, 0.2) is 29.2 Å². The topological polar surface area (TPSA) is 122 Å². The number of benzene rings is 1. The zero-order valence-electron chi connectivity index (χ0n) is 17.0. The van der Waals surface area contributed by atoms with E-state index in [1.807, 2.05) is 0 Å². The lowest BCUT2D eigenvalue weighted by atomic mass is 10.1. The van der Waals surface area contributed by atoms with E-state index in [4.69, 9.17) is 4.74 Å². The third-order valence-electron chi connectivity index (χ3n) is 4.17. The Kier molecular flexibility index (Phi) is 6.76. The highest BCUT2D eigenvalue weighted by Gasteiger charge is 2.22. The summed E-state index contributed by atoms with van der Waals surface area (Å²) in [4.78, 5) is 39.2. The Balaban J connectivity index is 2.14. The van der Waals surface area contributed by atoms with Crippen LogP contribution in [0.5, 0.6) is 0 Å². The van der Waals surface area contributed by atoms with Gasteiger partial charge in [-0.15, -0.1) is 0 Å². The van der Waals surface area contributed by atoms with Gasteiger partial charge in [0.15, 0.2) is 12.4 Å². The van der Waals surface area contributed by atoms with E-state index < -0.39 is 28.4 Å². The molecule has 29 heavy (non-hydrogen) atoms. The van der Waals surface area contributed by atoms with Gasteiger partial charge in [0.2, 0.25) is 15.8 Å². The van der Waals surface area contributed by atoms with Crippen LogP contribution in [-0.4, -0.2) is 43.6 Å². The molecule has 0 saturated carbocycles. The lowest BCUT2D eigenvalue weighted by Crippen LogP contribution is -2.30. The molecule has 0 radical (unpaired) electrons. The molecule has 156 valence electrons. The van der Waals surface area contributed by atoms with Crippen LogP contribution in [0.25, 0.3) is 0 Å². The molecule has 0 bridgehead atoms. The van der Waals surface area contributed by atoms with E-state index in [1.54, 1.807) is 27.7 Å². The number of esters is 1. The standard InChI is InChI=1S/C20H24N2O6S/c1-11(2)22-29(26,27)16-8-6-7-15(9-16)20(25)28-10-17(24)19-12(3)18(14(5)23)13(4)21-19/h6-9,11,21-22H,10H2,1-5H3. The molecule has 2 aromatic rings. The maximum Gasteiger partial charge on any atom is 0.338 e. The number of nitrogens with one attached hydrogen (secondary N) is 2. The largest absolute Gasteiger partial charge is 0.454 e. The molecule has 0 spiro atoms. The van der Waals surface area contributed by atoms with Gasteiger partial charge in [0.1, 0.15) is 0 Å². The number of hydrogen-bond donors (Lipinski definition) is 2.